The highest BCUT2D eigenvalue weighted by molar-refractivity contribution is 7.09. The molecule has 2 rings (SSSR count). The molecule has 0 bridgehead atoms. The quantitative estimate of drug-likeness (QED) is 0.800. The predicted octanol–water partition coefficient (Wildman–Crippen LogP) is 2.51. The Labute approximate surface area is 83.4 Å². The van der Waals surface area contributed by atoms with E-state index in [-0.39, 0.29) is 0 Å². The number of aryl methyl sites for hydroxylation is 1. The van der Waals surface area contributed by atoms with Crippen molar-refractivity contribution in [2.24, 2.45) is 5.92 Å². The van der Waals surface area contributed by atoms with Crippen LogP contribution in [0.25, 0.3) is 0 Å². The molecule has 72 valence electrons. The maximum Gasteiger partial charge on any atom is 0.0898 e. The molecule has 1 N–H and O–H groups in total. The van der Waals surface area contributed by atoms with Crippen LogP contribution in [0, 0.1) is 12.8 Å². The molecule has 0 spiro atoms. The van der Waals surface area contributed by atoms with Gasteiger partial charge in [0, 0.05) is 11.4 Å². The number of aromatic nitrogens is 1. The minimum Gasteiger partial charge on any atom is -0.309 e. The highest BCUT2D eigenvalue weighted by atomic mass is 32.1. The van der Waals surface area contributed by atoms with Crippen LogP contribution in [0.5, 0.6) is 0 Å². The van der Waals surface area contributed by atoms with Gasteiger partial charge in [-0.3, -0.25) is 0 Å². The third kappa shape index (κ3) is 2.51. The van der Waals surface area contributed by atoms with Crippen molar-refractivity contribution in [2.45, 2.75) is 32.7 Å². The van der Waals surface area contributed by atoms with Gasteiger partial charge >= 0.3 is 0 Å². The van der Waals surface area contributed by atoms with Crippen LogP contribution in [0.2, 0.25) is 0 Å². The SMILES string of the molecule is Cc1nc(C(C)NCC2CC2)cs1. The molecule has 1 aromatic heterocycles. The Morgan fingerprint density at radius 1 is 1.69 bits per heavy atom. The molecular weight excluding hydrogens is 180 g/mol. The lowest BCUT2D eigenvalue weighted by Gasteiger charge is -2.10. The summed E-state index contributed by atoms with van der Waals surface area (Å²) >= 11 is 1.73. The van der Waals surface area contributed by atoms with E-state index in [0.29, 0.717) is 6.04 Å². The van der Waals surface area contributed by atoms with Crippen molar-refractivity contribution in [1.82, 2.24) is 10.3 Å². The first-order valence-electron chi connectivity index (χ1n) is 4.91. The molecule has 0 saturated heterocycles. The van der Waals surface area contributed by atoms with E-state index in [2.05, 4.69) is 29.5 Å². The van der Waals surface area contributed by atoms with Crippen molar-refractivity contribution in [3.8, 4) is 0 Å². The average Bonchev–Trinajstić information content (AvgIpc) is 2.84. The highest BCUT2D eigenvalue weighted by Crippen LogP contribution is 2.28. The molecule has 2 nitrogen and oxygen atoms in total. The van der Waals surface area contributed by atoms with Gasteiger partial charge in [0.05, 0.1) is 10.7 Å². The van der Waals surface area contributed by atoms with Crippen molar-refractivity contribution >= 4 is 11.3 Å². The van der Waals surface area contributed by atoms with Crippen molar-refractivity contribution in [3.63, 3.8) is 0 Å². The Kier molecular flexibility index (Phi) is 2.65. The van der Waals surface area contributed by atoms with E-state index in [1.54, 1.807) is 11.3 Å². The molecule has 0 aliphatic heterocycles. The van der Waals surface area contributed by atoms with Crippen LogP contribution in [0.15, 0.2) is 5.38 Å². The molecule has 1 unspecified atom stereocenters. The molecule has 1 aliphatic carbocycles. The van der Waals surface area contributed by atoms with E-state index < -0.39 is 0 Å². The Morgan fingerprint density at radius 3 is 3.00 bits per heavy atom. The third-order valence-electron chi connectivity index (χ3n) is 2.49. The predicted molar refractivity (Wildman–Crippen MR) is 56.0 cm³/mol. The first-order valence-corrected chi connectivity index (χ1v) is 5.79. The van der Waals surface area contributed by atoms with Gasteiger partial charge in [-0.2, -0.15) is 0 Å². The van der Waals surface area contributed by atoms with Crippen LogP contribution in [-0.4, -0.2) is 11.5 Å². The van der Waals surface area contributed by atoms with Crippen LogP contribution in [0.3, 0.4) is 0 Å². The molecule has 1 heterocycles. The van der Waals surface area contributed by atoms with Gasteiger partial charge in [0.1, 0.15) is 0 Å². The van der Waals surface area contributed by atoms with Gasteiger partial charge in [-0.15, -0.1) is 11.3 Å². The summed E-state index contributed by atoms with van der Waals surface area (Å²) in [7, 11) is 0. The zero-order valence-corrected chi connectivity index (χ0v) is 9.03. The molecule has 3 heteroatoms. The topological polar surface area (TPSA) is 24.9 Å². The molecule has 1 saturated carbocycles. The standard InChI is InChI=1S/C10H16N2S/c1-7(11-5-9-3-4-9)10-6-13-8(2)12-10/h6-7,9,11H,3-5H2,1-2H3. The van der Waals surface area contributed by atoms with E-state index in [0.717, 1.165) is 17.5 Å². The van der Waals surface area contributed by atoms with Gasteiger partial charge in [-0.25, -0.2) is 4.98 Å². The van der Waals surface area contributed by atoms with Crippen molar-refractivity contribution < 1.29 is 0 Å². The van der Waals surface area contributed by atoms with Gasteiger partial charge in [-0.1, -0.05) is 0 Å². The zero-order chi connectivity index (χ0) is 9.26. The largest absolute Gasteiger partial charge is 0.309 e. The van der Waals surface area contributed by atoms with E-state index in [4.69, 9.17) is 0 Å². The maximum absolute atomic E-state index is 4.46. The number of nitrogens with one attached hydrogen (secondary N) is 1. The molecule has 1 fully saturated rings. The first-order chi connectivity index (χ1) is 6.25. The summed E-state index contributed by atoms with van der Waals surface area (Å²) < 4.78 is 0. The molecule has 1 atom stereocenters. The average molecular weight is 196 g/mol. The van der Waals surface area contributed by atoms with Crippen molar-refractivity contribution in [1.29, 1.82) is 0 Å². The minimum atomic E-state index is 0.422. The molecule has 0 aromatic carbocycles. The monoisotopic (exact) mass is 196 g/mol. The van der Waals surface area contributed by atoms with Gasteiger partial charge in [0.15, 0.2) is 0 Å². The molecule has 1 aromatic rings. The molecule has 1 aliphatic rings. The van der Waals surface area contributed by atoms with Crippen LogP contribution >= 0.6 is 11.3 Å². The molecule has 0 amide bonds. The van der Waals surface area contributed by atoms with Crippen LogP contribution in [0.1, 0.15) is 36.5 Å². The third-order valence-corrected chi connectivity index (χ3v) is 3.28. The molecular formula is C10H16N2S. The lowest BCUT2D eigenvalue weighted by Crippen LogP contribution is -2.21. The van der Waals surface area contributed by atoms with Crippen molar-refractivity contribution in [3.05, 3.63) is 16.1 Å². The first kappa shape index (κ1) is 9.16. The number of thiazole rings is 1. The van der Waals surface area contributed by atoms with E-state index in [9.17, 15) is 0 Å². The van der Waals surface area contributed by atoms with Gasteiger partial charge in [0.25, 0.3) is 0 Å². The normalized spacial score (nSPS) is 18.9. The minimum absolute atomic E-state index is 0.422. The molecule has 0 radical (unpaired) electrons. The number of nitrogens with zero attached hydrogens (tertiary/aromatic N) is 1. The summed E-state index contributed by atoms with van der Waals surface area (Å²) in [4.78, 5) is 4.46. The summed E-state index contributed by atoms with van der Waals surface area (Å²) in [6.45, 7) is 5.41. The second-order valence-corrected chi connectivity index (χ2v) is 4.93. The smallest absolute Gasteiger partial charge is 0.0898 e. The Hall–Kier alpha value is -0.410. The fraction of sp³-hybridized carbons (Fsp3) is 0.700. The fourth-order valence-electron chi connectivity index (χ4n) is 1.35. The van der Waals surface area contributed by atoms with Crippen LogP contribution in [-0.2, 0) is 0 Å². The Morgan fingerprint density at radius 2 is 2.46 bits per heavy atom. The summed E-state index contributed by atoms with van der Waals surface area (Å²) in [6, 6.07) is 0.422. The van der Waals surface area contributed by atoms with Gasteiger partial charge in [-0.05, 0) is 39.2 Å². The lowest BCUT2D eigenvalue weighted by atomic mass is 10.2. The Bertz CT molecular complexity index is 278. The zero-order valence-electron chi connectivity index (χ0n) is 8.21. The summed E-state index contributed by atoms with van der Waals surface area (Å²) in [5.41, 5.74) is 1.20. The number of rotatable bonds is 4. The number of hydrogen-bond acceptors (Lipinski definition) is 3. The van der Waals surface area contributed by atoms with E-state index in [1.807, 2.05) is 0 Å². The van der Waals surface area contributed by atoms with Crippen LogP contribution in [0.4, 0.5) is 0 Å². The second-order valence-electron chi connectivity index (χ2n) is 3.86. The highest BCUT2D eigenvalue weighted by Gasteiger charge is 2.21. The summed E-state index contributed by atoms with van der Waals surface area (Å²) in [6.07, 6.45) is 2.83. The van der Waals surface area contributed by atoms with Crippen molar-refractivity contribution in [2.75, 3.05) is 6.54 Å². The summed E-state index contributed by atoms with van der Waals surface area (Å²) in [5, 5.41) is 6.83. The second kappa shape index (κ2) is 3.76. The Balaban J connectivity index is 1.84. The maximum atomic E-state index is 4.46. The van der Waals surface area contributed by atoms with E-state index >= 15 is 0 Å². The number of hydrogen-bond donors (Lipinski definition) is 1. The fourth-order valence-corrected chi connectivity index (χ4v) is 2.06. The van der Waals surface area contributed by atoms with Gasteiger partial charge < -0.3 is 5.32 Å². The summed E-state index contributed by atoms with van der Waals surface area (Å²) in [5.74, 6) is 0.946. The van der Waals surface area contributed by atoms with Gasteiger partial charge in [0.2, 0.25) is 0 Å². The van der Waals surface area contributed by atoms with Crippen LogP contribution < -0.4 is 5.32 Å². The van der Waals surface area contributed by atoms with E-state index in [1.165, 1.54) is 18.5 Å². The lowest BCUT2D eigenvalue weighted by molar-refractivity contribution is 0.540. The molecule has 13 heavy (non-hydrogen) atoms.